The van der Waals surface area contributed by atoms with E-state index < -0.39 is 17.8 Å². The van der Waals surface area contributed by atoms with Gasteiger partial charge < -0.3 is 10.1 Å². The topological polar surface area (TPSA) is 105 Å². The predicted molar refractivity (Wildman–Crippen MR) is 116 cm³/mol. The highest BCUT2D eigenvalue weighted by Gasteiger charge is 2.36. The third-order valence-corrected chi connectivity index (χ3v) is 4.95. The number of urea groups is 1. The lowest BCUT2D eigenvalue weighted by molar-refractivity contribution is -0.140. The summed E-state index contributed by atoms with van der Waals surface area (Å²) in [7, 11) is 0. The van der Waals surface area contributed by atoms with Crippen LogP contribution in [0.1, 0.15) is 21.5 Å². The predicted octanol–water partition coefficient (Wildman–Crippen LogP) is 3.76. The molecule has 166 valence electrons. The molecule has 8 nitrogen and oxygen atoms in total. The summed E-state index contributed by atoms with van der Waals surface area (Å²) in [6.45, 7) is 1.63. The molecule has 0 radical (unpaired) electrons. The molecule has 2 N–H and O–H groups in total. The van der Waals surface area contributed by atoms with Crippen LogP contribution in [0.25, 0.3) is 0 Å². The molecule has 0 aromatic heterocycles. The third kappa shape index (κ3) is 4.87. The molecule has 0 atom stereocenters. The third-order valence-electron chi connectivity index (χ3n) is 4.95. The van der Waals surface area contributed by atoms with Crippen molar-refractivity contribution < 1.29 is 28.3 Å². The van der Waals surface area contributed by atoms with Crippen molar-refractivity contribution in [2.45, 2.75) is 13.5 Å². The quantitative estimate of drug-likeness (QED) is 0.442. The Balaban J connectivity index is 1.44. The van der Waals surface area contributed by atoms with Crippen molar-refractivity contribution in [3.8, 4) is 11.5 Å². The molecule has 0 unspecified atom stereocenters. The molecule has 0 saturated carbocycles. The number of anilines is 1. The summed E-state index contributed by atoms with van der Waals surface area (Å²) < 4.78 is 18.6. The number of hydrogen-bond acceptors (Lipinski definition) is 5. The smallest absolute Gasteiger partial charge is 0.331 e. The Morgan fingerprint density at radius 2 is 1.61 bits per heavy atom. The molecule has 0 spiro atoms. The molecule has 0 bridgehead atoms. The fourth-order valence-corrected chi connectivity index (χ4v) is 3.21. The van der Waals surface area contributed by atoms with Crippen LogP contribution in [0, 0.1) is 12.7 Å². The zero-order valence-corrected chi connectivity index (χ0v) is 17.4. The van der Waals surface area contributed by atoms with E-state index in [1.54, 1.807) is 49.4 Å². The first-order valence-electron chi connectivity index (χ1n) is 9.91. The van der Waals surface area contributed by atoms with Crippen LogP contribution in [-0.4, -0.2) is 28.7 Å². The molecule has 9 heteroatoms. The van der Waals surface area contributed by atoms with Crippen molar-refractivity contribution >= 4 is 29.4 Å². The molecule has 0 aliphatic carbocycles. The number of rotatable bonds is 6. The maximum absolute atomic E-state index is 13.0. The largest absolute Gasteiger partial charge is 0.457 e. The molecule has 33 heavy (non-hydrogen) atoms. The van der Waals surface area contributed by atoms with Gasteiger partial charge in [-0.15, -0.1) is 0 Å². The summed E-state index contributed by atoms with van der Waals surface area (Å²) in [6.07, 6.45) is 0. The number of amides is 5. The number of benzene rings is 3. The lowest BCUT2D eigenvalue weighted by atomic mass is 10.0. The van der Waals surface area contributed by atoms with Crippen molar-refractivity contribution in [1.29, 1.82) is 0 Å². The molecular weight excluding hydrogens is 429 g/mol. The van der Waals surface area contributed by atoms with E-state index in [-0.39, 0.29) is 18.3 Å². The molecule has 3 aromatic rings. The van der Waals surface area contributed by atoms with E-state index in [1.807, 2.05) is 5.32 Å². The SMILES string of the molecule is Cc1ccc(CN2C(=O)NC(=O)C2=O)cc1C(=O)Nc1ccc(Oc2ccc(F)cc2)cc1. The summed E-state index contributed by atoms with van der Waals surface area (Å²) >= 11 is 0. The molecule has 1 aliphatic rings. The van der Waals surface area contributed by atoms with Crippen LogP contribution in [0.3, 0.4) is 0 Å². The molecule has 1 heterocycles. The van der Waals surface area contributed by atoms with Gasteiger partial charge in [-0.2, -0.15) is 0 Å². The highest BCUT2D eigenvalue weighted by atomic mass is 19.1. The standard InChI is InChI=1S/C24H18FN3O5/c1-14-2-3-15(13-28-23(31)22(30)27-24(28)32)12-20(14)21(29)26-17-6-10-19(11-7-17)33-18-8-4-16(25)5-9-18/h2-12H,13H2,1H3,(H,26,29)(H,27,30,32). The minimum Gasteiger partial charge on any atom is -0.457 e. The van der Waals surface area contributed by atoms with E-state index in [1.165, 1.54) is 24.3 Å². The van der Waals surface area contributed by atoms with E-state index in [9.17, 15) is 23.6 Å². The van der Waals surface area contributed by atoms with Gasteiger partial charge in [0.1, 0.15) is 17.3 Å². The number of nitrogens with zero attached hydrogens (tertiary/aromatic N) is 1. The van der Waals surface area contributed by atoms with Gasteiger partial charge in [0, 0.05) is 11.3 Å². The maximum atomic E-state index is 13.0. The van der Waals surface area contributed by atoms with Crippen LogP contribution in [-0.2, 0) is 16.1 Å². The number of ether oxygens (including phenoxy) is 1. The van der Waals surface area contributed by atoms with Gasteiger partial charge in [-0.1, -0.05) is 12.1 Å². The fourth-order valence-electron chi connectivity index (χ4n) is 3.21. The lowest BCUT2D eigenvalue weighted by Crippen LogP contribution is -2.30. The summed E-state index contributed by atoms with van der Waals surface area (Å²) in [4.78, 5) is 48.5. The highest BCUT2D eigenvalue weighted by molar-refractivity contribution is 6.44. The monoisotopic (exact) mass is 447 g/mol. The summed E-state index contributed by atoms with van der Waals surface area (Å²) in [5.41, 5.74) is 2.10. The Labute approximate surface area is 188 Å². The van der Waals surface area contributed by atoms with Gasteiger partial charge in [-0.3, -0.25) is 24.6 Å². The second kappa shape index (κ2) is 8.91. The van der Waals surface area contributed by atoms with Gasteiger partial charge in [0.25, 0.3) is 5.91 Å². The van der Waals surface area contributed by atoms with Crippen molar-refractivity contribution in [1.82, 2.24) is 10.2 Å². The number of aryl methyl sites for hydroxylation is 1. The molecule has 1 aliphatic heterocycles. The van der Waals surface area contributed by atoms with Crippen molar-refractivity contribution in [2.75, 3.05) is 5.32 Å². The number of imide groups is 2. The van der Waals surface area contributed by atoms with Crippen LogP contribution >= 0.6 is 0 Å². The molecule has 1 saturated heterocycles. The number of hydrogen-bond donors (Lipinski definition) is 2. The Morgan fingerprint density at radius 1 is 0.970 bits per heavy atom. The first-order chi connectivity index (χ1) is 15.8. The molecule has 5 amide bonds. The summed E-state index contributed by atoms with van der Waals surface area (Å²) in [6, 6.07) is 16.4. The minimum atomic E-state index is -0.975. The number of carbonyl (C=O) groups is 4. The summed E-state index contributed by atoms with van der Waals surface area (Å²) in [5.74, 6) is -1.65. The van der Waals surface area contributed by atoms with Crippen LogP contribution in [0.15, 0.2) is 66.7 Å². The van der Waals surface area contributed by atoms with Gasteiger partial charge >= 0.3 is 17.8 Å². The van der Waals surface area contributed by atoms with Gasteiger partial charge in [-0.25, -0.2) is 9.18 Å². The second-order valence-electron chi connectivity index (χ2n) is 7.33. The Bertz CT molecular complexity index is 1260. The van der Waals surface area contributed by atoms with Gasteiger partial charge in [0.2, 0.25) is 0 Å². The fraction of sp³-hybridized carbons (Fsp3) is 0.0833. The number of carbonyl (C=O) groups excluding carboxylic acids is 4. The van der Waals surface area contributed by atoms with Gasteiger partial charge in [-0.05, 0) is 72.6 Å². The Kier molecular flexibility index (Phi) is 5.86. The van der Waals surface area contributed by atoms with Crippen LogP contribution < -0.4 is 15.4 Å². The molecule has 1 fully saturated rings. The van der Waals surface area contributed by atoms with Gasteiger partial charge in [0.05, 0.1) is 6.54 Å². The van der Waals surface area contributed by atoms with Crippen LogP contribution in [0.2, 0.25) is 0 Å². The van der Waals surface area contributed by atoms with Crippen LogP contribution in [0.5, 0.6) is 11.5 Å². The number of halogens is 1. The maximum Gasteiger partial charge on any atom is 0.331 e. The van der Waals surface area contributed by atoms with Crippen molar-refractivity contribution in [3.05, 3.63) is 89.2 Å². The van der Waals surface area contributed by atoms with E-state index in [0.717, 1.165) is 4.90 Å². The highest BCUT2D eigenvalue weighted by Crippen LogP contribution is 2.24. The average Bonchev–Trinajstić information content (AvgIpc) is 3.03. The zero-order valence-electron chi connectivity index (χ0n) is 17.4. The molecular formula is C24H18FN3O5. The van der Waals surface area contributed by atoms with E-state index in [0.29, 0.717) is 33.9 Å². The minimum absolute atomic E-state index is 0.133. The van der Waals surface area contributed by atoms with E-state index >= 15 is 0 Å². The number of nitrogens with one attached hydrogen (secondary N) is 2. The van der Waals surface area contributed by atoms with Crippen molar-refractivity contribution in [3.63, 3.8) is 0 Å². The first kappa shape index (κ1) is 21.7. The zero-order chi connectivity index (χ0) is 23.5. The van der Waals surface area contributed by atoms with E-state index in [4.69, 9.17) is 4.74 Å². The molecule has 3 aromatic carbocycles. The Morgan fingerprint density at radius 3 is 2.21 bits per heavy atom. The van der Waals surface area contributed by atoms with Crippen molar-refractivity contribution in [2.24, 2.45) is 0 Å². The van der Waals surface area contributed by atoms with Crippen LogP contribution in [0.4, 0.5) is 14.9 Å². The second-order valence-corrected chi connectivity index (χ2v) is 7.33. The average molecular weight is 447 g/mol. The summed E-state index contributed by atoms with van der Waals surface area (Å²) in [5, 5.41) is 4.72. The van der Waals surface area contributed by atoms with Gasteiger partial charge in [0.15, 0.2) is 0 Å². The molecule has 4 rings (SSSR count). The first-order valence-corrected chi connectivity index (χ1v) is 9.91. The Hall–Kier alpha value is -4.53. The lowest BCUT2D eigenvalue weighted by Gasteiger charge is -2.14. The normalized spacial score (nSPS) is 13.2. The van der Waals surface area contributed by atoms with E-state index in [2.05, 4.69) is 5.32 Å².